The Bertz CT molecular complexity index is 690. The Balaban J connectivity index is 1.96. The molecule has 0 aliphatic rings. The van der Waals surface area contributed by atoms with Gasteiger partial charge in [-0.05, 0) is 19.1 Å². The molecule has 0 atom stereocenters. The maximum absolute atomic E-state index is 12.2. The van der Waals surface area contributed by atoms with Crippen LogP contribution >= 0.6 is 23.1 Å². The predicted octanol–water partition coefficient (Wildman–Crippen LogP) is 2.45. The number of carbonyl (C=O) groups excluding carboxylic acids is 2. The fourth-order valence-corrected chi connectivity index (χ4v) is 3.18. The highest BCUT2D eigenvalue weighted by Gasteiger charge is 2.15. The average molecular weight is 353 g/mol. The van der Waals surface area contributed by atoms with Crippen LogP contribution in [-0.4, -0.2) is 41.5 Å². The van der Waals surface area contributed by atoms with Crippen molar-refractivity contribution in [2.45, 2.75) is 11.3 Å². The minimum absolute atomic E-state index is 0.156. The number of nitrogens with one attached hydrogen (secondary N) is 1. The maximum Gasteiger partial charge on any atom is 0.316 e. The van der Waals surface area contributed by atoms with E-state index in [4.69, 9.17) is 9.47 Å². The summed E-state index contributed by atoms with van der Waals surface area (Å²) in [6, 6.07) is 6.89. The number of thioether (sulfide) groups is 1. The Kier molecular flexibility index (Phi) is 6.36. The monoisotopic (exact) mass is 353 g/mol. The molecule has 0 aliphatic carbocycles. The summed E-state index contributed by atoms with van der Waals surface area (Å²) in [6.07, 6.45) is 0. The third-order valence-corrected chi connectivity index (χ3v) is 4.54. The molecule has 2 rings (SSSR count). The lowest BCUT2D eigenvalue weighted by Gasteiger charge is -2.06. The second kappa shape index (κ2) is 8.49. The number of nitrogens with zero attached hydrogens (tertiary/aromatic N) is 2. The first-order valence-electron chi connectivity index (χ1n) is 6.70. The number of rotatable bonds is 7. The summed E-state index contributed by atoms with van der Waals surface area (Å²) in [5.41, 5.74) is 0.408. The number of hydrogen-bond acceptors (Lipinski definition) is 8. The number of benzene rings is 1. The average Bonchev–Trinajstić information content (AvgIpc) is 3.00. The fourth-order valence-electron chi connectivity index (χ4n) is 1.64. The van der Waals surface area contributed by atoms with Crippen LogP contribution in [0.4, 0.5) is 5.13 Å². The molecule has 2 aromatic rings. The molecule has 0 unspecified atom stereocenters. The number of anilines is 1. The van der Waals surface area contributed by atoms with Crippen molar-refractivity contribution in [3.05, 3.63) is 29.8 Å². The Morgan fingerprint density at radius 1 is 1.30 bits per heavy atom. The van der Waals surface area contributed by atoms with Crippen molar-refractivity contribution in [3.8, 4) is 5.75 Å². The van der Waals surface area contributed by atoms with Gasteiger partial charge in [-0.3, -0.25) is 14.9 Å². The largest absolute Gasteiger partial charge is 0.496 e. The van der Waals surface area contributed by atoms with E-state index < -0.39 is 0 Å². The first-order chi connectivity index (χ1) is 11.1. The molecule has 7 nitrogen and oxygen atoms in total. The van der Waals surface area contributed by atoms with Gasteiger partial charge in [0, 0.05) is 0 Å². The zero-order valence-electron chi connectivity index (χ0n) is 12.6. The van der Waals surface area contributed by atoms with Gasteiger partial charge in [0.15, 0.2) is 4.34 Å². The Morgan fingerprint density at radius 2 is 2.09 bits per heavy atom. The van der Waals surface area contributed by atoms with E-state index >= 15 is 0 Å². The molecular weight excluding hydrogens is 338 g/mol. The molecule has 1 N–H and O–H groups in total. The molecule has 0 bridgehead atoms. The van der Waals surface area contributed by atoms with Crippen molar-refractivity contribution >= 4 is 40.1 Å². The fraction of sp³-hybridized carbons (Fsp3) is 0.286. The molecule has 23 heavy (non-hydrogen) atoms. The molecule has 1 amide bonds. The molecule has 9 heteroatoms. The molecule has 0 fully saturated rings. The number of ether oxygens (including phenoxy) is 2. The SMILES string of the molecule is CCOC(=O)CSc1nnc(NC(=O)c2ccccc2OC)s1. The highest BCUT2D eigenvalue weighted by molar-refractivity contribution is 8.01. The highest BCUT2D eigenvalue weighted by Crippen LogP contribution is 2.26. The number of hydrogen-bond donors (Lipinski definition) is 1. The topological polar surface area (TPSA) is 90.4 Å². The second-order valence-electron chi connectivity index (χ2n) is 4.12. The van der Waals surface area contributed by atoms with Gasteiger partial charge in [0.2, 0.25) is 5.13 Å². The summed E-state index contributed by atoms with van der Waals surface area (Å²) < 4.78 is 10.6. The minimum Gasteiger partial charge on any atom is -0.496 e. The van der Waals surface area contributed by atoms with E-state index in [9.17, 15) is 9.59 Å². The number of methoxy groups -OCH3 is 1. The molecule has 0 spiro atoms. The van der Waals surface area contributed by atoms with E-state index in [2.05, 4.69) is 15.5 Å². The highest BCUT2D eigenvalue weighted by atomic mass is 32.2. The molecule has 0 aliphatic heterocycles. The van der Waals surface area contributed by atoms with Crippen LogP contribution < -0.4 is 10.1 Å². The van der Waals surface area contributed by atoms with Crippen molar-refractivity contribution in [2.24, 2.45) is 0 Å². The van der Waals surface area contributed by atoms with Crippen LogP contribution in [0.15, 0.2) is 28.6 Å². The Morgan fingerprint density at radius 3 is 2.83 bits per heavy atom. The lowest BCUT2D eigenvalue weighted by atomic mass is 10.2. The number of para-hydroxylation sites is 1. The van der Waals surface area contributed by atoms with Crippen molar-refractivity contribution in [3.63, 3.8) is 0 Å². The second-order valence-corrected chi connectivity index (χ2v) is 6.32. The first kappa shape index (κ1) is 17.2. The van der Waals surface area contributed by atoms with Gasteiger partial charge < -0.3 is 9.47 Å². The molecule has 0 saturated heterocycles. The molecule has 0 radical (unpaired) electrons. The number of carbonyl (C=O) groups is 2. The number of esters is 1. The van der Waals surface area contributed by atoms with Crippen molar-refractivity contribution in [2.75, 3.05) is 24.8 Å². The van der Waals surface area contributed by atoms with Gasteiger partial charge in [-0.2, -0.15) is 0 Å². The molecule has 1 aromatic heterocycles. The number of aromatic nitrogens is 2. The molecular formula is C14H15N3O4S2. The van der Waals surface area contributed by atoms with Gasteiger partial charge in [-0.25, -0.2) is 0 Å². The Hall–Kier alpha value is -2.13. The quantitative estimate of drug-likeness (QED) is 0.464. The van der Waals surface area contributed by atoms with E-state index in [1.54, 1.807) is 31.2 Å². The summed E-state index contributed by atoms with van der Waals surface area (Å²) in [5, 5.41) is 10.8. The van der Waals surface area contributed by atoms with Crippen LogP contribution in [0.3, 0.4) is 0 Å². The van der Waals surface area contributed by atoms with Crippen LogP contribution in [0.25, 0.3) is 0 Å². The summed E-state index contributed by atoms with van der Waals surface area (Å²) in [6.45, 7) is 2.09. The third-order valence-electron chi connectivity index (χ3n) is 2.60. The predicted molar refractivity (Wildman–Crippen MR) is 88.2 cm³/mol. The van der Waals surface area contributed by atoms with Crippen molar-refractivity contribution in [1.82, 2.24) is 10.2 Å². The summed E-state index contributed by atoms with van der Waals surface area (Å²) >= 11 is 2.40. The van der Waals surface area contributed by atoms with Gasteiger partial charge in [0.25, 0.3) is 5.91 Å². The van der Waals surface area contributed by atoms with Gasteiger partial charge >= 0.3 is 5.97 Å². The van der Waals surface area contributed by atoms with Gasteiger partial charge in [0.1, 0.15) is 5.75 Å². The lowest BCUT2D eigenvalue weighted by molar-refractivity contribution is -0.139. The summed E-state index contributed by atoms with van der Waals surface area (Å²) in [5.74, 6) is -0.0117. The standard InChI is InChI=1S/C14H15N3O4S2/c1-3-21-11(18)8-22-14-17-16-13(23-14)15-12(19)9-6-4-5-7-10(9)20-2/h4-7H,3,8H2,1-2H3,(H,15,16,19). The van der Waals surface area contributed by atoms with E-state index in [1.807, 2.05) is 0 Å². The van der Waals surface area contributed by atoms with Crippen LogP contribution in [0.2, 0.25) is 0 Å². The zero-order valence-corrected chi connectivity index (χ0v) is 14.2. The van der Waals surface area contributed by atoms with Gasteiger partial charge in [-0.1, -0.05) is 35.2 Å². The summed E-state index contributed by atoms with van der Waals surface area (Å²) in [4.78, 5) is 23.5. The van der Waals surface area contributed by atoms with Crippen LogP contribution in [0.5, 0.6) is 5.75 Å². The van der Waals surface area contributed by atoms with E-state index in [1.165, 1.54) is 30.2 Å². The number of amides is 1. The van der Waals surface area contributed by atoms with E-state index in [0.29, 0.717) is 27.4 Å². The zero-order chi connectivity index (χ0) is 16.7. The van der Waals surface area contributed by atoms with Crippen LogP contribution in [-0.2, 0) is 9.53 Å². The van der Waals surface area contributed by atoms with Crippen molar-refractivity contribution < 1.29 is 19.1 Å². The normalized spacial score (nSPS) is 10.2. The van der Waals surface area contributed by atoms with Gasteiger partial charge in [0.05, 0.1) is 25.0 Å². The van der Waals surface area contributed by atoms with E-state index in [0.717, 1.165) is 0 Å². The maximum atomic E-state index is 12.2. The van der Waals surface area contributed by atoms with Crippen LogP contribution in [0, 0.1) is 0 Å². The molecule has 1 heterocycles. The lowest BCUT2D eigenvalue weighted by Crippen LogP contribution is -2.12. The van der Waals surface area contributed by atoms with Gasteiger partial charge in [-0.15, -0.1) is 10.2 Å². The minimum atomic E-state index is -0.333. The molecule has 0 saturated carbocycles. The Labute approximate surface area is 141 Å². The van der Waals surface area contributed by atoms with E-state index in [-0.39, 0.29) is 17.6 Å². The third kappa shape index (κ3) is 4.93. The summed E-state index contributed by atoms with van der Waals surface area (Å²) in [7, 11) is 1.50. The first-order valence-corrected chi connectivity index (χ1v) is 8.50. The molecule has 1 aromatic carbocycles. The molecule has 122 valence electrons. The van der Waals surface area contributed by atoms with Crippen LogP contribution in [0.1, 0.15) is 17.3 Å². The smallest absolute Gasteiger partial charge is 0.316 e. The van der Waals surface area contributed by atoms with Crippen molar-refractivity contribution in [1.29, 1.82) is 0 Å².